The summed E-state index contributed by atoms with van der Waals surface area (Å²) in [4.78, 5) is 0. The molecule has 2 heterocycles. The minimum Gasteiger partial charge on any atom is -0.391 e. The zero-order valence-electron chi connectivity index (χ0n) is 12.3. The lowest BCUT2D eigenvalue weighted by Gasteiger charge is -2.40. The Labute approximate surface area is 120 Å². The number of ether oxygens (including phenoxy) is 4. The predicted molar refractivity (Wildman–Crippen MR) is 72.4 cm³/mol. The van der Waals surface area contributed by atoms with E-state index in [1.165, 1.54) is 32.1 Å². The maximum absolute atomic E-state index is 9.52. The molecule has 4 atom stereocenters. The molecule has 116 valence electrons. The number of rotatable bonds is 5. The fourth-order valence-electron chi connectivity index (χ4n) is 3.69. The van der Waals surface area contributed by atoms with Crippen LogP contribution in [0.5, 0.6) is 0 Å². The monoisotopic (exact) mass is 286 g/mol. The Morgan fingerprint density at radius 2 is 2.05 bits per heavy atom. The maximum atomic E-state index is 9.52. The first-order chi connectivity index (χ1) is 9.77. The number of hydrogen-bond donors (Lipinski definition) is 1. The van der Waals surface area contributed by atoms with E-state index in [0.29, 0.717) is 12.5 Å². The van der Waals surface area contributed by atoms with Crippen LogP contribution in [0.3, 0.4) is 0 Å². The highest BCUT2D eigenvalue weighted by Gasteiger charge is 2.55. The molecule has 1 saturated carbocycles. The van der Waals surface area contributed by atoms with Crippen LogP contribution < -0.4 is 0 Å². The highest BCUT2D eigenvalue weighted by Crippen LogP contribution is 2.39. The molecule has 0 aromatic heterocycles. The summed E-state index contributed by atoms with van der Waals surface area (Å²) in [5.41, 5.74) is 0. The average molecular weight is 286 g/mol. The van der Waals surface area contributed by atoms with Gasteiger partial charge in [-0.15, -0.1) is 0 Å². The van der Waals surface area contributed by atoms with Crippen molar-refractivity contribution < 1.29 is 24.1 Å². The molecule has 0 unspecified atom stereocenters. The molecule has 20 heavy (non-hydrogen) atoms. The minimum absolute atomic E-state index is 0.0176. The Morgan fingerprint density at radius 1 is 1.25 bits per heavy atom. The molecule has 3 aliphatic rings. The molecule has 2 aliphatic heterocycles. The Kier molecular flexibility index (Phi) is 4.62. The van der Waals surface area contributed by atoms with Crippen LogP contribution in [0.2, 0.25) is 0 Å². The van der Waals surface area contributed by atoms with Gasteiger partial charge in [0.2, 0.25) is 5.79 Å². The Morgan fingerprint density at radius 3 is 2.75 bits per heavy atom. The van der Waals surface area contributed by atoms with E-state index in [1.54, 1.807) is 7.11 Å². The molecule has 0 spiro atoms. The molecule has 3 fully saturated rings. The Bertz CT molecular complexity index is 317. The van der Waals surface area contributed by atoms with Gasteiger partial charge in [-0.3, -0.25) is 0 Å². The van der Waals surface area contributed by atoms with Crippen LogP contribution in [0, 0.1) is 5.92 Å². The van der Waals surface area contributed by atoms with Crippen LogP contribution in [-0.2, 0) is 18.9 Å². The predicted octanol–water partition coefficient (Wildman–Crippen LogP) is 1.47. The van der Waals surface area contributed by atoms with E-state index >= 15 is 0 Å². The fraction of sp³-hybridized carbons (Fsp3) is 1.00. The van der Waals surface area contributed by atoms with Crippen LogP contribution >= 0.6 is 0 Å². The summed E-state index contributed by atoms with van der Waals surface area (Å²) < 4.78 is 23.1. The van der Waals surface area contributed by atoms with E-state index in [2.05, 4.69) is 0 Å². The zero-order chi connectivity index (χ0) is 14.0. The lowest BCUT2D eigenvalue weighted by Crippen LogP contribution is -2.55. The molecule has 3 rings (SSSR count). The first kappa shape index (κ1) is 14.7. The number of aliphatic hydroxyl groups excluding tert-OH is 1. The fourth-order valence-corrected chi connectivity index (χ4v) is 3.69. The molecule has 1 aliphatic carbocycles. The zero-order valence-corrected chi connectivity index (χ0v) is 12.3. The lowest BCUT2D eigenvalue weighted by molar-refractivity contribution is -0.286. The summed E-state index contributed by atoms with van der Waals surface area (Å²) in [5, 5.41) is 9.52. The van der Waals surface area contributed by atoms with E-state index in [9.17, 15) is 5.11 Å². The van der Waals surface area contributed by atoms with Gasteiger partial charge in [0, 0.05) is 20.1 Å². The van der Waals surface area contributed by atoms with Gasteiger partial charge in [0.1, 0.15) is 12.2 Å². The highest BCUT2D eigenvalue weighted by atomic mass is 16.8. The first-order valence-corrected chi connectivity index (χ1v) is 7.84. The van der Waals surface area contributed by atoms with Gasteiger partial charge >= 0.3 is 0 Å². The van der Waals surface area contributed by atoms with Gasteiger partial charge in [-0.25, -0.2) is 0 Å². The molecule has 2 saturated heterocycles. The Hall–Kier alpha value is -0.200. The van der Waals surface area contributed by atoms with Crippen molar-refractivity contribution >= 4 is 0 Å². The average Bonchev–Trinajstić information content (AvgIpc) is 2.89. The summed E-state index contributed by atoms with van der Waals surface area (Å²) in [6.07, 6.45) is 7.00. The van der Waals surface area contributed by atoms with Crippen molar-refractivity contribution in [3.63, 3.8) is 0 Å². The van der Waals surface area contributed by atoms with Gasteiger partial charge in [0.05, 0.1) is 19.3 Å². The molecule has 0 amide bonds. The van der Waals surface area contributed by atoms with Crippen LogP contribution in [0.15, 0.2) is 0 Å². The van der Waals surface area contributed by atoms with Gasteiger partial charge < -0.3 is 24.1 Å². The molecule has 0 aromatic carbocycles. The summed E-state index contributed by atoms with van der Waals surface area (Å²) >= 11 is 0. The molecule has 1 N–H and O–H groups in total. The summed E-state index contributed by atoms with van der Waals surface area (Å²) in [6.45, 7) is 1.13. The van der Waals surface area contributed by atoms with Crippen LogP contribution in [0.25, 0.3) is 0 Å². The smallest absolute Gasteiger partial charge is 0.219 e. The molecule has 0 aromatic rings. The number of methoxy groups -OCH3 is 1. The summed E-state index contributed by atoms with van der Waals surface area (Å²) in [6, 6.07) is 0. The van der Waals surface area contributed by atoms with E-state index in [-0.39, 0.29) is 24.9 Å². The lowest BCUT2D eigenvalue weighted by atomic mass is 9.90. The van der Waals surface area contributed by atoms with Gasteiger partial charge in [-0.2, -0.15) is 0 Å². The molecular formula is C15H26O5. The van der Waals surface area contributed by atoms with Crippen molar-refractivity contribution in [3.8, 4) is 0 Å². The van der Waals surface area contributed by atoms with Crippen LogP contribution in [0.4, 0.5) is 0 Å². The maximum Gasteiger partial charge on any atom is 0.219 e. The van der Waals surface area contributed by atoms with Gasteiger partial charge in [0.25, 0.3) is 0 Å². The van der Waals surface area contributed by atoms with E-state index in [4.69, 9.17) is 18.9 Å². The number of hydrogen-bond acceptors (Lipinski definition) is 5. The van der Waals surface area contributed by atoms with E-state index in [0.717, 1.165) is 13.0 Å². The van der Waals surface area contributed by atoms with Gasteiger partial charge in [0.15, 0.2) is 0 Å². The van der Waals surface area contributed by atoms with Crippen molar-refractivity contribution in [2.75, 3.05) is 26.9 Å². The molecule has 2 bridgehead atoms. The van der Waals surface area contributed by atoms with Crippen molar-refractivity contribution in [1.29, 1.82) is 0 Å². The third-order valence-corrected chi connectivity index (χ3v) is 4.97. The van der Waals surface area contributed by atoms with Gasteiger partial charge in [-0.1, -0.05) is 19.3 Å². The van der Waals surface area contributed by atoms with Crippen molar-refractivity contribution in [2.45, 2.75) is 62.6 Å². The standard InChI is InChI=1S/C15H26O5/c1-17-14-7-12(13-9-19-15(14,10-16)20-13)18-8-11-5-3-2-4-6-11/h11-14,16H,2-10H2,1H3/t12-,13+,14+,15+/m0/s1. The van der Waals surface area contributed by atoms with E-state index < -0.39 is 5.79 Å². The van der Waals surface area contributed by atoms with Crippen LogP contribution in [0.1, 0.15) is 38.5 Å². The largest absolute Gasteiger partial charge is 0.391 e. The molecule has 0 radical (unpaired) electrons. The molecule has 5 heteroatoms. The second-order valence-corrected chi connectivity index (χ2v) is 6.27. The van der Waals surface area contributed by atoms with Crippen molar-refractivity contribution in [3.05, 3.63) is 0 Å². The second-order valence-electron chi connectivity index (χ2n) is 6.27. The van der Waals surface area contributed by atoms with Gasteiger partial charge in [-0.05, 0) is 18.8 Å². The quantitative estimate of drug-likeness (QED) is 0.829. The normalized spacial score (nSPS) is 42.0. The van der Waals surface area contributed by atoms with Crippen molar-refractivity contribution in [2.24, 2.45) is 5.92 Å². The molecular weight excluding hydrogens is 260 g/mol. The van der Waals surface area contributed by atoms with Crippen LogP contribution in [-0.4, -0.2) is 56.1 Å². The molecule has 5 nitrogen and oxygen atoms in total. The second kappa shape index (κ2) is 6.28. The highest BCUT2D eigenvalue weighted by molar-refractivity contribution is 4.97. The summed E-state index contributed by atoms with van der Waals surface area (Å²) in [5.74, 6) is -0.277. The van der Waals surface area contributed by atoms with Crippen molar-refractivity contribution in [1.82, 2.24) is 0 Å². The minimum atomic E-state index is -0.968. The SMILES string of the molecule is CO[C@@H]1C[C@H](OCC2CCCCC2)[C@H]2CO[C@]1(CO)O2. The third kappa shape index (κ3) is 2.74. The Balaban J connectivity index is 1.55. The summed E-state index contributed by atoms with van der Waals surface area (Å²) in [7, 11) is 1.63. The van der Waals surface area contributed by atoms with E-state index in [1.807, 2.05) is 0 Å². The topological polar surface area (TPSA) is 57.2 Å². The third-order valence-electron chi connectivity index (χ3n) is 4.97. The number of aliphatic hydroxyl groups is 1. The first-order valence-electron chi connectivity index (χ1n) is 7.84. The number of fused-ring (bicyclic) bond motifs is 2.